The van der Waals surface area contributed by atoms with Crippen molar-refractivity contribution < 1.29 is 9.90 Å². The first kappa shape index (κ1) is 14.1. The molecule has 2 N–H and O–H groups in total. The molecule has 2 saturated heterocycles. The molecule has 0 aromatic rings. The predicted molar refractivity (Wildman–Crippen MR) is 77.6 cm³/mol. The van der Waals surface area contributed by atoms with Gasteiger partial charge in [0, 0.05) is 38.3 Å². The number of aliphatic hydroxyl groups is 1. The average Bonchev–Trinajstić information content (AvgIpc) is 3.08. The maximum absolute atomic E-state index is 12.2. The van der Waals surface area contributed by atoms with Crippen molar-refractivity contribution in [1.82, 2.24) is 15.1 Å². The molecule has 1 saturated carbocycles. The smallest absolute Gasteiger partial charge is 0.317 e. The van der Waals surface area contributed by atoms with Crippen LogP contribution in [0.1, 0.15) is 44.9 Å². The number of likely N-dealkylation sites (tertiary alicyclic amines) is 2. The summed E-state index contributed by atoms with van der Waals surface area (Å²) in [5, 5.41) is 12.8. The van der Waals surface area contributed by atoms with E-state index < -0.39 is 0 Å². The summed E-state index contributed by atoms with van der Waals surface area (Å²) in [6, 6.07) is 1.07. The molecule has 0 aromatic heterocycles. The minimum absolute atomic E-state index is 0.0158. The maximum atomic E-state index is 12.2. The highest BCUT2D eigenvalue weighted by Crippen LogP contribution is 2.26. The zero-order valence-corrected chi connectivity index (χ0v) is 12.3. The molecule has 2 aliphatic heterocycles. The highest BCUT2D eigenvalue weighted by Gasteiger charge is 2.32. The van der Waals surface area contributed by atoms with E-state index in [9.17, 15) is 9.90 Å². The van der Waals surface area contributed by atoms with Crippen molar-refractivity contribution in [3.05, 3.63) is 0 Å². The summed E-state index contributed by atoms with van der Waals surface area (Å²) in [6.07, 6.45) is 7.86. The normalized spacial score (nSPS) is 32.8. The second kappa shape index (κ2) is 6.31. The van der Waals surface area contributed by atoms with E-state index in [2.05, 4.69) is 10.2 Å². The van der Waals surface area contributed by atoms with Crippen molar-refractivity contribution in [3.8, 4) is 0 Å². The van der Waals surface area contributed by atoms with Crippen LogP contribution in [0.3, 0.4) is 0 Å². The Morgan fingerprint density at radius 1 is 1.00 bits per heavy atom. The van der Waals surface area contributed by atoms with Crippen LogP contribution in [0.25, 0.3) is 0 Å². The van der Waals surface area contributed by atoms with E-state index in [-0.39, 0.29) is 12.1 Å². The Morgan fingerprint density at radius 2 is 1.80 bits per heavy atom. The van der Waals surface area contributed by atoms with Gasteiger partial charge in [0.1, 0.15) is 0 Å². The zero-order valence-electron chi connectivity index (χ0n) is 12.3. The highest BCUT2D eigenvalue weighted by molar-refractivity contribution is 5.74. The molecular formula is C15H27N3O2. The van der Waals surface area contributed by atoms with Crippen molar-refractivity contribution in [2.45, 2.75) is 63.1 Å². The molecule has 20 heavy (non-hydrogen) atoms. The number of urea groups is 1. The fourth-order valence-corrected chi connectivity index (χ4v) is 3.91. The maximum Gasteiger partial charge on any atom is 0.317 e. The molecular weight excluding hydrogens is 254 g/mol. The first-order valence-corrected chi connectivity index (χ1v) is 8.20. The van der Waals surface area contributed by atoms with Crippen LogP contribution in [0.2, 0.25) is 0 Å². The number of nitrogens with zero attached hydrogens (tertiary/aromatic N) is 2. The van der Waals surface area contributed by atoms with E-state index in [4.69, 9.17) is 0 Å². The Kier molecular flexibility index (Phi) is 4.46. The third kappa shape index (κ3) is 3.26. The van der Waals surface area contributed by atoms with Gasteiger partial charge in [0.25, 0.3) is 0 Å². The van der Waals surface area contributed by atoms with Crippen LogP contribution < -0.4 is 5.32 Å². The standard InChI is InChI=1S/C15H27N3O2/c19-14-6-3-8-18(11-14)15(20)16-12-7-9-17(10-12)13-4-1-2-5-13/h12-14,19H,1-11H2,(H,16,20). The summed E-state index contributed by atoms with van der Waals surface area (Å²) in [5.74, 6) is 0. The minimum Gasteiger partial charge on any atom is -0.391 e. The molecule has 2 unspecified atom stereocenters. The Hall–Kier alpha value is -0.810. The number of rotatable bonds is 2. The molecule has 2 atom stereocenters. The number of piperidine rings is 1. The molecule has 3 rings (SSSR count). The predicted octanol–water partition coefficient (Wildman–Crippen LogP) is 1.17. The summed E-state index contributed by atoms with van der Waals surface area (Å²) in [4.78, 5) is 16.5. The van der Waals surface area contributed by atoms with Crippen LogP contribution in [0.15, 0.2) is 0 Å². The molecule has 1 aliphatic carbocycles. The third-order valence-corrected chi connectivity index (χ3v) is 5.07. The lowest BCUT2D eigenvalue weighted by molar-refractivity contribution is 0.0833. The van der Waals surface area contributed by atoms with Gasteiger partial charge in [-0.25, -0.2) is 4.79 Å². The van der Waals surface area contributed by atoms with Gasteiger partial charge < -0.3 is 15.3 Å². The number of carbonyl (C=O) groups is 1. The van der Waals surface area contributed by atoms with Crippen LogP contribution in [0, 0.1) is 0 Å². The second-order valence-corrected chi connectivity index (χ2v) is 6.61. The summed E-state index contributed by atoms with van der Waals surface area (Å²) in [6.45, 7) is 3.40. The van der Waals surface area contributed by atoms with E-state index in [1.807, 2.05) is 0 Å². The number of nitrogens with one attached hydrogen (secondary N) is 1. The number of amides is 2. The van der Waals surface area contributed by atoms with Crippen LogP contribution in [-0.2, 0) is 0 Å². The van der Waals surface area contributed by atoms with Gasteiger partial charge in [0.15, 0.2) is 0 Å². The highest BCUT2D eigenvalue weighted by atomic mass is 16.3. The van der Waals surface area contributed by atoms with Gasteiger partial charge in [0.2, 0.25) is 0 Å². The van der Waals surface area contributed by atoms with Crippen molar-refractivity contribution >= 4 is 6.03 Å². The van der Waals surface area contributed by atoms with Gasteiger partial charge in [-0.2, -0.15) is 0 Å². The second-order valence-electron chi connectivity index (χ2n) is 6.61. The fourth-order valence-electron chi connectivity index (χ4n) is 3.91. The van der Waals surface area contributed by atoms with Crippen LogP contribution in [-0.4, -0.2) is 65.3 Å². The van der Waals surface area contributed by atoms with E-state index in [0.717, 1.165) is 44.9 Å². The van der Waals surface area contributed by atoms with Crippen molar-refractivity contribution in [3.63, 3.8) is 0 Å². The molecule has 0 spiro atoms. The zero-order chi connectivity index (χ0) is 13.9. The molecule has 2 amide bonds. The number of β-amino-alcohol motifs (C(OH)–C–C–N with tert-alkyl or cyclic N) is 1. The lowest BCUT2D eigenvalue weighted by atomic mass is 10.1. The molecule has 3 fully saturated rings. The average molecular weight is 281 g/mol. The molecule has 3 aliphatic rings. The molecule has 0 aromatic carbocycles. The lowest BCUT2D eigenvalue weighted by Gasteiger charge is -2.31. The van der Waals surface area contributed by atoms with Gasteiger partial charge in [0.05, 0.1) is 6.10 Å². The van der Waals surface area contributed by atoms with Gasteiger partial charge in [-0.05, 0) is 32.1 Å². The Bertz CT molecular complexity index is 344. The summed E-state index contributed by atoms with van der Waals surface area (Å²) >= 11 is 0. The summed E-state index contributed by atoms with van der Waals surface area (Å²) in [7, 11) is 0. The van der Waals surface area contributed by atoms with E-state index in [1.54, 1.807) is 4.90 Å². The first-order valence-electron chi connectivity index (χ1n) is 8.20. The molecule has 0 radical (unpaired) electrons. The number of hydrogen-bond acceptors (Lipinski definition) is 3. The summed E-state index contributed by atoms with van der Waals surface area (Å²) < 4.78 is 0. The SMILES string of the molecule is O=C(NC1CCN(C2CCCC2)C1)N1CCCC(O)C1. The fraction of sp³-hybridized carbons (Fsp3) is 0.933. The minimum atomic E-state index is -0.340. The number of hydrogen-bond donors (Lipinski definition) is 2. The van der Waals surface area contributed by atoms with E-state index in [0.29, 0.717) is 12.6 Å². The molecule has 114 valence electrons. The molecule has 0 bridgehead atoms. The van der Waals surface area contributed by atoms with E-state index in [1.165, 1.54) is 25.7 Å². The topological polar surface area (TPSA) is 55.8 Å². The quantitative estimate of drug-likeness (QED) is 0.799. The summed E-state index contributed by atoms with van der Waals surface area (Å²) in [5.41, 5.74) is 0. The Labute approximate surface area is 121 Å². The third-order valence-electron chi connectivity index (χ3n) is 5.07. The number of aliphatic hydroxyl groups excluding tert-OH is 1. The van der Waals surface area contributed by atoms with E-state index >= 15 is 0 Å². The van der Waals surface area contributed by atoms with Crippen molar-refractivity contribution in [2.24, 2.45) is 0 Å². The van der Waals surface area contributed by atoms with Gasteiger partial charge in [-0.15, -0.1) is 0 Å². The molecule has 5 nitrogen and oxygen atoms in total. The monoisotopic (exact) mass is 281 g/mol. The van der Waals surface area contributed by atoms with Gasteiger partial charge >= 0.3 is 6.03 Å². The van der Waals surface area contributed by atoms with Crippen LogP contribution in [0.5, 0.6) is 0 Å². The first-order chi connectivity index (χ1) is 9.72. The van der Waals surface area contributed by atoms with Crippen molar-refractivity contribution in [2.75, 3.05) is 26.2 Å². The number of carbonyl (C=O) groups excluding carboxylic acids is 1. The van der Waals surface area contributed by atoms with Gasteiger partial charge in [-0.1, -0.05) is 12.8 Å². The molecule has 2 heterocycles. The van der Waals surface area contributed by atoms with Crippen molar-refractivity contribution in [1.29, 1.82) is 0 Å². The van der Waals surface area contributed by atoms with Crippen LogP contribution in [0.4, 0.5) is 4.79 Å². The lowest BCUT2D eigenvalue weighted by Crippen LogP contribution is -2.50. The Morgan fingerprint density at radius 3 is 2.55 bits per heavy atom. The largest absolute Gasteiger partial charge is 0.391 e. The van der Waals surface area contributed by atoms with Crippen LogP contribution >= 0.6 is 0 Å². The Balaban J connectivity index is 1.45. The van der Waals surface area contributed by atoms with Gasteiger partial charge in [-0.3, -0.25) is 4.90 Å². The molecule has 5 heteroatoms.